The van der Waals surface area contributed by atoms with Gasteiger partial charge >= 0.3 is 13.5 Å². The molecule has 1 unspecified atom stereocenters. The van der Waals surface area contributed by atoms with E-state index in [0.29, 0.717) is 25.2 Å². The smallest absolute Gasteiger partial charge is 0.353 e. The van der Waals surface area contributed by atoms with E-state index in [1.54, 1.807) is 6.92 Å². The first-order valence-corrected chi connectivity index (χ1v) is 11.7. The maximum atomic E-state index is 12.7. The first-order chi connectivity index (χ1) is 15.3. The molecule has 2 heterocycles. The highest BCUT2D eigenvalue weighted by atomic mass is 31.2. The molecule has 1 aromatic heterocycles. The van der Waals surface area contributed by atoms with Crippen LogP contribution in [0.25, 0.3) is 0 Å². The van der Waals surface area contributed by atoms with Gasteiger partial charge in [0, 0.05) is 44.9 Å². The maximum Gasteiger partial charge on any atom is 0.474 e. The summed E-state index contributed by atoms with van der Waals surface area (Å²) in [5, 5.41) is 0. The van der Waals surface area contributed by atoms with E-state index in [1.165, 1.54) is 17.9 Å². The Labute approximate surface area is 185 Å². The minimum absolute atomic E-state index is 0.00675. The molecule has 0 spiro atoms. The quantitative estimate of drug-likeness (QED) is 0.221. The summed E-state index contributed by atoms with van der Waals surface area (Å²) in [6.45, 7) is 5.93. The second kappa shape index (κ2) is 12.7. The second-order valence-electron chi connectivity index (χ2n) is 6.91. The number of H-pyrrole nitrogens is 1. The Bertz CT molecular complexity index is 869. The normalized spacial score (nSPS) is 23.0. The number of nitrogens with zero attached hydrogens (tertiary/aromatic N) is 1. The third-order valence-electron chi connectivity index (χ3n) is 4.74. The molecular formula is C18H32N3O10P. The van der Waals surface area contributed by atoms with Crippen LogP contribution in [0.4, 0.5) is 0 Å². The monoisotopic (exact) mass is 481 g/mol. The van der Waals surface area contributed by atoms with Gasteiger partial charge in [-0.1, -0.05) is 0 Å². The number of aromatic nitrogens is 2. The Morgan fingerprint density at radius 2 is 1.97 bits per heavy atom. The van der Waals surface area contributed by atoms with Gasteiger partial charge in [0.05, 0.1) is 13.2 Å². The second-order valence-corrected chi connectivity index (χ2v) is 8.68. The van der Waals surface area contributed by atoms with E-state index in [0.717, 1.165) is 0 Å². The average Bonchev–Trinajstić information content (AvgIpc) is 3.18. The molecule has 0 radical (unpaired) electrons. The molecule has 0 saturated carbocycles. The zero-order chi connectivity index (χ0) is 23.7. The number of aromatic amines is 1. The Morgan fingerprint density at radius 3 is 2.56 bits per heavy atom. The highest BCUT2D eigenvalue weighted by Gasteiger charge is 2.40. The minimum atomic E-state index is -3.90. The molecule has 0 aromatic carbocycles. The van der Waals surface area contributed by atoms with E-state index in [2.05, 4.69) is 4.98 Å². The van der Waals surface area contributed by atoms with Gasteiger partial charge in [-0.2, -0.15) is 0 Å². The van der Waals surface area contributed by atoms with Crippen molar-refractivity contribution in [1.82, 2.24) is 9.55 Å². The molecule has 1 saturated heterocycles. The number of phosphoric acid groups is 1. The van der Waals surface area contributed by atoms with Crippen LogP contribution in [0.15, 0.2) is 15.8 Å². The van der Waals surface area contributed by atoms with Crippen LogP contribution < -0.4 is 17.1 Å². The summed E-state index contributed by atoms with van der Waals surface area (Å²) in [7, 11) is -2.71. The lowest BCUT2D eigenvalue weighted by Crippen LogP contribution is -2.33. The number of hydrogen-bond acceptors (Lipinski definition) is 11. The minimum Gasteiger partial charge on any atom is -0.353 e. The summed E-state index contributed by atoms with van der Waals surface area (Å²) < 4.78 is 46.2. The summed E-state index contributed by atoms with van der Waals surface area (Å²) in [4.78, 5) is 30.9. The molecule has 1 fully saturated rings. The number of aryl methyl sites for hydroxylation is 1. The van der Waals surface area contributed by atoms with E-state index in [1.807, 2.05) is 13.8 Å². The molecule has 1 aliphatic heterocycles. The summed E-state index contributed by atoms with van der Waals surface area (Å²) in [5.41, 5.74) is -0.773. The molecule has 32 heavy (non-hydrogen) atoms. The number of ether oxygens (including phenoxy) is 3. The molecule has 0 bridgehead atoms. The van der Waals surface area contributed by atoms with Crippen molar-refractivity contribution in [3.8, 4) is 0 Å². The SMILES string of the molecule is CCOC(CCOP(=O)(OC)OC[C@H]1O[C@@H](n2cc(C)c(=O)[nH]c2=O)C[C@H]1ON)OCC. The van der Waals surface area contributed by atoms with E-state index < -0.39 is 43.8 Å². The predicted molar refractivity (Wildman–Crippen MR) is 112 cm³/mol. The topological polar surface area (TPSA) is 163 Å². The van der Waals surface area contributed by atoms with E-state index in [9.17, 15) is 14.2 Å². The number of rotatable bonds is 14. The summed E-state index contributed by atoms with van der Waals surface area (Å²) in [6.07, 6.45) is -0.772. The number of nitrogens with one attached hydrogen (secondary N) is 1. The van der Waals surface area contributed by atoms with Crippen molar-refractivity contribution >= 4 is 7.82 Å². The third kappa shape index (κ3) is 7.30. The Balaban J connectivity index is 1.96. The Hall–Kier alpha value is -1.41. The standard InChI is InChI=1S/C18H32N3O10P/c1-5-26-16(27-6-2)7-8-28-32(24,25-4)29-11-14-13(31-19)9-15(30-14)21-10-12(3)17(22)20-18(21)23/h10,13-16H,5-9,11,19H2,1-4H3,(H,20,22,23)/t13-,14-,15-,32?/m1/s1. The van der Waals surface area contributed by atoms with Gasteiger partial charge in [0.2, 0.25) is 0 Å². The lowest BCUT2D eigenvalue weighted by atomic mass is 10.2. The largest absolute Gasteiger partial charge is 0.474 e. The predicted octanol–water partition coefficient (Wildman–Crippen LogP) is 0.968. The van der Waals surface area contributed by atoms with Crippen LogP contribution in [-0.2, 0) is 37.2 Å². The summed E-state index contributed by atoms with van der Waals surface area (Å²) in [6, 6.07) is 0. The van der Waals surface area contributed by atoms with Gasteiger partial charge in [-0.25, -0.2) is 15.3 Å². The van der Waals surface area contributed by atoms with Crippen molar-refractivity contribution in [2.24, 2.45) is 5.90 Å². The molecule has 4 atom stereocenters. The number of nitrogens with two attached hydrogens (primary N) is 1. The van der Waals surface area contributed by atoms with E-state index in [4.69, 9.17) is 38.5 Å². The van der Waals surface area contributed by atoms with Crippen molar-refractivity contribution in [2.75, 3.05) is 33.5 Å². The fourth-order valence-corrected chi connectivity index (χ4v) is 4.06. The number of phosphoric ester groups is 1. The van der Waals surface area contributed by atoms with Crippen LogP contribution in [0.5, 0.6) is 0 Å². The van der Waals surface area contributed by atoms with Crippen molar-refractivity contribution < 1.29 is 37.2 Å². The van der Waals surface area contributed by atoms with Gasteiger partial charge in [0.1, 0.15) is 18.4 Å². The zero-order valence-corrected chi connectivity index (χ0v) is 19.6. The van der Waals surface area contributed by atoms with Crippen molar-refractivity contribution in [3.05, 3.63) is 32.6 Å². The van der Waals surface area contributed by atoms with Gasteiger partial charge in [0.15, 0.2) is 6.29 Å². The average molecular weight is 481 g/mol. The van der Waals surface area contributed by atoms with Gasteiger partial charge < -0.3 is 14.2 Å². The van der Waals surface area contributed by atoms with E-state index in [-0.39, 0.29) is 19.6 Å². The highest BCUT2D eigenvalue weighted by molar-refractivity contribution is 7.48. The molecule has 0 amide bonds. The molecule has 3 N–H and O–H groups in total. The first-order valence-electron chi connectivity index (χ1n) is 10.3. The Morgan fingerprint density at radius 1 is 1.28 bits per heavy atom. The van der Waals surface area contributed by atoms with Crippen LogP contribution in [0.3, 0.4) is 0 Å². The lowest BCUT2D eigenvalue weighted by Gasteiger charge is -2.22. The van der Waals surface area contributed by atoms with Crippen LogP contribution in [-0.4, -0.2) is 61.6 Å². The maximum absolute atomic E-state index is 12.7. The lowest BCUT2D eigenvalue weighted by molar-refractivity contribution is -0.143. The molecule has 0 aliphatic carbocycles. The molecule has 184 valence electrons. The van der Waals surface area contributed by atoms with Crippen LogP contribution in [0.1, 0.15) is 38.5 Å². The van der Waals surface area contributed by atoms with Gasteiger partial charge in [-0.15, -0.1) is 0 Å². The highest BCUT2D eigenvalue weighted by Crippen LogP contribution is 2.49. The Kier molecular flexibility index (Phi) is 10.7. The first kappa shape index (κ1) is 26.8. The molecule has 1 aliphatic rings. The fraction of sp³-hybridized carbons (Fsp3) is 0.778. The summed E-state index contributed by atoms with van der Waals surface area (Å²) in [5.74, 6) is 5.36. The van der Waals surface area contributed by atoms with Crippen LogP contribution in [0.2, 0.25) is 0 Å². The number of hydrogen-bond donors (Lipinski definition) is 2. The summed E-state index contributed by atoms with van der Waals surface area (Å²) >= 11 is 0. The van der Waals surface area contributed by atoms with Crippen molar-refractivity contribution in [1.29, 1.82) is 0 Å². The van der Waals surface area contributed by atoms with Crippen molar-refractivity contribution in [2.45, 2.75) is 58.3 Å². The van der Waals surface area contributed by atoms with E-state index >= 15 is 0 Å². The van der Waals surface area contributed by atoms with Gasteiger partial charge in [0.25, 0.3) is 5.56 Å². The molecule has 2 rings (SSSR count). The zero-order valence-electron chi connectivity index (χ0n) is 18.7. The molecular weight excluding hydrogens is 449 g/mol. The molecule has 1 aromatic rings. The molecule has 14 heteroatoms. The molecule has 13 nitrogen and oxygen atoms in total. The van der Waals surface area contributed by atoms with Gasteiger partial charge in [-0.3, -0.25) is 32.8 Å². The van der Waals surface area contributed by atoms with Crippen LogP contribution in [0, 0.1) is 6.92 Å². The third-order valence-corrected chi connectivity index (χ3v) is 6.15. The van der Waals surface area contributed by atoms with Crippen molar-refractivity contribution in [3.63, 3.8) is 0 Å². The van der Waals surface area contributed by atoms with Gasteiger partial charge in [-0.05, 0) is 20.8 Å². The fourth-order valence-electron chi connectivity index (χ4n) is 3.12. The van der Waals surface area contributed by atoms with Crippen LogP contribution >= 0.6 is 7.82 Å².